The van der Waals surface area contributed by atoms with Gasteiger partial charge < -0.3 is 0 Å². The van der Waals surface area contributed by atoms with Crippen molar-refractivity contribution in [2.75, 3.05) is 4.72 Å². The lowest BCUT2D eigenvalue weighted by Crippen LogP contribution is -2.14. The summed E-state index contributed by atoms with van der Waals surface area (Å²) in [5, 5.41) is 10.9. The third kappa shape index (κ3) is 3.47. The van der Waals surface area contributed by atoms with Crippen LogP contribution in [0.2, 0.25) is 0 Å². The minimum Gasteiger partial charge on any atom is -0.263 e. The molecule has 1 N–H and O–H groups in total. The summed E-state index contributed by atoms with van der Waals surface area (Å²) in [4.78, 5) is 13.9. The summed E-state index contributed by atoms with van der Waals surface area (Å²) in [6, 6.07) is 8.28. The monoisotopic (exact) mass is 327 g/mol. The molecule has 0 fully saturated rings. The number of hydrogen-bond donors (Lipinski definition) is 1. The van der Waals surface area contributed by atoms with E-state index in [1.807, 2.05) is 0 Å². The van der Waals surface area contributed by atoms with Crippen LogP contribution >= 0.6 is 11.6 Å². The van der Waals surface area contributed by atoms with E-state index in [9.17, 15) is 18.5 Å². The highest BCUT2D eigenvalue weighted by Gasteiger charge is 2.21. The zero-order chi connectivity index (χ0) is 15.5. The first kappa shape index (κ1) is 15.2. The zero-order valence-electron chi connectivity index (χ0n) is 10.6. The van der Waals surface area contributed by atoms with Crippen LogP contribution < -0.4 is 4.72 Å². The minimum absolute atomic E-state index is 0.0791. The van der Waals surface area contributed by atoms with Gasteiger partial charge in [-0.25, -0.2) is 13.4 Å². The number of pyridine rings is 1. The molecule has 0 aliphatic heterocycles. The lowest BCUT2D eigenvalue weighted by molar-refractivity contribution is -0.385. The standard InChI is InChI=1S/C12H10ClN3O4S/c13-8-9-4-5-10(7-11(9)16(17)18)21(19,20)15-12-3-1-2-6-14-12/h1-7H,8H2,(H,14,15). The molecule has 0 radical (unpaired) electrons. The largest absolute Gasteiger partial charge is 0.275 e. The molecule has 7 nitrogen and oxygen atoms in total. The molecule has 0 aliphatic rings. The number of sulfonamides is 1. The van der Waals surface area contributed by atoms with Gasteiger partial charge in [0, 0.05) is 17.8 Å². The number of rotatable bonds is 5. The number of aromatic nitrogens is 1. The second-order valence-electron chi connectivity index (χ2n) is 4.00. The van der Waals surface area contributed by atoms with Gasteiger partial charge >= 0.3 is 0 Å². The highest BCUT2D eigenvalue weighted by atomic mass is 35.5. The molecule has 0 saturated carbocycles. The van der Waals surface area contributed by atoms with Crippen LogP contribution in [-0.2, 0) is 15.9 Å². The van der Waals surface area contributed by atoms with Gasteiger partial charge in [0.1, 0.15) is 5.82 Å². The Labute approximate surface area is 125 Å². The summed E-state index contributed by atoms with van der Waals surface area (Å²) in [5.74, 6) is 0.0474. The average Bonchev–Trinajstić information content (AvgIpc) is 2.47. The first-order chi connectivity index (χ1) is 9.94. The van der Waals surface area contributed by atoms with Crippen molar-refractivity contribution in [1.29, 1.82) is 0 Å². The summed E-state index contributed by atoms with van der Waals surface area (Å²) < 4.78 is 26.6. The molecule has 21 heavy (non-hydrogen) atoms. The van der Waals surface area contributed by atoms with E-state index in [1.54, 1.807) is 12.1 Å². The summed E-state index contributed by atoms with van der Waals surface area (Å²) in [5.41, 5.74) is -0.0904. The molecule has 2 rings (SSSR count). The lowest BCUT2D eigenvalue weighted by Gasteiger charge is -2.08. The average molecular weight is 328 g/mol. The first-order valence-electron chi connectivity index (χ1n) is 5.71. The summed E-state index contributed by atoms with van der Waals surface area (Å²) in [6.45, 7) is 0. The van der Waals surface area contributed by atoms with Crippen molar-refractivity contribution in [3.05, 3.63) is 58.3 Å². The molecule has 0 atom stereocenters. The van der Waals surface area contributed by atoms with Gasteiger partial charge in [0.2, 0.25) is 0 Å². The van der Waals surface area contributed by atoms with Crippen molar-refractivity contribution in [2.24, 2.45) is 0 Å². The van der Waals surface area contributed by atoms with Crippen LogP contribution in [0.25, 0.3) is 0 Å². The fourth-order valence-electron chi connectivity index (χ4n) is 1.61. The molecular weight excluding hydrogens is 318 g/mol. The van der Waals surface area contributed by atoms with E-state index in [1.165, 1.54) is 24.4 Å². The maximum Gasteiger partial charge on any atom is 0.275 e. The smallest absolute Gasteiger partial charge is 0.263 e. The predicted octanol–water partition coefficient (Wildman–Crippen LogP) is 2.53. The highest BCUT2D eigenvalue weighted by Crippen LogP contribution is 2.25. The molecule has 2 aromatic rings. The summed E-state index contributed by atoms with van der Waals surface area (Å²) >= 11 is 5.59. The van der Waals surface area contributed by atoms with E-state index in [0.29, 0.717) is 0 Å². The molecule has 1 aromatic carbocycles. The Morgan fingerprint density at radius 1 is 1.29 bits per heavy atom. The summed E-state index contributed by atoms with van der Waals surface area (Å²) in [6.07, 6.45) is 1.43. The van der Waals surface area contributed by atoms with Crippen LogP contribution in [0.4, 0.5) is 11.5 Å². The Bertz CT molecular complexity index is 765. The first-order valence-corrected chi connectivity index (χ1v) is 7.73. The Balaban J connectivity index is 2.41. The minimum atomic E-state index is -3.95. The van der Waals surface area contributed by atoms with E-state index in [0.717, 1.165) is 6.07 Å². The molecule has 0 saturated heterocycles. The van der Waals surface area contributed by atoms with Crippen molar-refractivity contribution in [2.45, 2.75) is 10.8 Å². The molecule has 9 heteroatoms. The van der Waals surface area contributed by atoms with Crippen LogP contribution in [0.5, 0.6) is 0 Å². The fraction of sp³-hybridized carbons (Fsp3) is 0.0833. The Hall–Kier alpha value is -2.19. The third-order valence-electron chi connectivity index (χ3n) is 2.61. The fourth-order valence-corrected chi connectivity index (χ4v) is 2.87. The van der Waals surface area contributed by atoms with Gasteiger partial charge in [-0.05, 0) is 24.3 Å². The Morgan fingerprint density at radius 3 is 2.62 bits per heavy atom. The van der Waals surface area contributed by atoms with Crippen molar-refractivity contribution in [1.82, 2.24) is 4.98 Å². The van der Waals surface area contributed by atoms with Crippen LogP contribution in [0, 0.1) is 10.1 Å². The zero-order valence-corrected chi connectivity index (χ0v) is 12.1. The second kappa shape index (κ2) is 6.06. The van der Waals surface area contributed by atoms with Crippen molar-refractivity contribution >= 4 is 33.1 Å². The third-order valence-corrected chi connectivity index (χ3v) is 4.25. The highest BCUT2D eigenvalue weighted by molar-refractivity contribution is 7.92. The number of nitrogens with one attached hydrogen (secondary N) is 1. The van der Waals surface area contributed by atoms with Crippen LogP contribution in [0.1, 0.15) is 5.56 Å². The molecule has 0 bridgehead atoms. The van der Waals surface area contributed by atoms with Crippen LogP contribution in [0.3, 0.4) is 0 Å². The van der Waals surface area contributed by atoms with Crippen LogP contribution in [-0.4, -0.2) is 18.3 Å². The number of anilines is 1. The molecule has 1 aromatic heterocycles. The number of nitro groups is 1. The number of alkyl halides is 1. The number of hydrogen-bond acceptors (Lipinski definition) is 5. The number of halogens is 1. The molecular formula is C12H10ClN3O4S. The predicted molar refractivity (Wildman–Crippen MR) is 77.7 cm³/mol. The van der Waals surface area contributed by atoms with Gasteiger partial charge in [-0.3, -0.25) is 14.8 Å². The van der Waals surface area contributed by atoms with Gasteiger partial charge in [-0.2, -0.15) is 0 Å². The Morgan fingerprint density at radius 2 is 2.05 bits per heavy atom. The maximum absolute atomic E-state index is 12.2. The van der Waals surface area contributed by atoms with Gasteiger partial charge in [-0.15, -0.1) is 11.6 Å². The van der Waals surface area contributed by atoms with Gasteiger partial charge in [0.05, 0.1) is 15.7 Å². The number of nitro benzene ring substituents is 1. The number of benzene rings is 1. The SMILES string of the molecule is O=[N+]([O-])c1cc(S(=O)(=O)Nc2ccccn2)ccc1CCl. The molecule has 0 aliphatic carbocycles. The second-order valence-corrected chi connectivity index (χ2v) is 5.95. The Kier molecular flexibility index (Phi) is 4.39. The summed E-state index contributed by atoms with van der Waals surface area (Å²) in [7, 11) is -3.95. The van der Waals surface area contributed by atoms with Gasteiger partial charge in [-0.1, -0.05) is 6.07 Å². The van der Waals surface area contributed by atoms with E-state index in [4.69, 9.17) is 11.6 Å². The van der Waals surface area contributed by atoms with Crippen LogP contribution in [0.15, 0.2) is 47.5 Å². The number of nitrogens with zero attached hydrogens (tertiary/aromatic N) is 2. The van der Waals surface area contributed by atoms with Crippen molar-refractivity contribution < 1.29 is 13.3 Å². The normalized spacial score (nSPS) is 11.1. The molecule has 0 amide bonds. The van der Waals surface area contributed by atoms with E-state index in [-0.39, 0.29) is 27.8 Å². The maximum atomic E-state index is 12.2. The molecule has 0 spiro atoms. The van der Waals surface area contributed by atoms with E-state index >= 15 is 0 Å². The van der Waals surface area contributed by atoms with Gasteiger partial charge in [0.25, 0.3) is 15.7 Å². The topological polar surface area (TPSA) is 102 Å². The van der Waals surface area contributed by atoms with E-state index < -0.39 is 14.9 Å². The lowest BCUT2D eigenvalue weighted by atomic mass is 10.2. The van der Waals surface area contributed by atoms with Gasteiger partial charge in [0.15, 0.2) is 0 Å². The van der Waals surface area contributed by atoms with E-state index in [2.05, 4.69) is 9.71 Å². The van der Waals surface area contributed by atoms with Crippen molar-refractivity contribution in [3.63, 3.8) is 0 Å². The molecule has 0 unspecified atom stereocenters. The molecule has 110 valence electrons. The quantitative estimate of drug-likeness (QED) is 0.516. The molecule has 1 heterocycles. The van der Waals surface area contributed by atoms with Crippen molar-refractivity contribution in [3.8, 4) is 0 Å².